The Balaban J connectivity index is 2.11. The lowest BCUT2D eigenvalue weighted by Crippen LogP contribution is -2.28. The van der Waals surface area contributed by atoms with Crippen LogP contribution in [0.1, 0.15) is 20.7 Å². The molecule has 2 aromatic rings. The number of nitrogens with one attached hydrogen (secondary N) is 2. The standard InChI is InChI=1S/C17H18N2O3/c1-22-12-11-18-17(21)14-9-5-6-10-15(14)19-16(20)13-7-3-2-4-8-13/h2-10H,11-12H2,1H3,(H,18,21)(H,19,20). The van der Waals surface area contributed by atoms with Crippen LogP contribution in [0.2, 0.25) is 0 Å². The topological polar surface area (TPSA) is 67.4 Å². The Kier molecular flexibility index (Phi) is 5.68. The van der Waals surface area contributed by atoms with Crippen LogP contribution in [0.5, 0.6) is 0 Å². The summed E-state index contributed by atoms with van der Waals surface area (Å²) in [6.45, 7) is 0.848. The van der Waals surface area contributed by atoms with Gasteiger partial charge in [-0.1, -0.05) is 30.3 Å². The zero-order valence-corrected chi connectivity index (χ0v) is 12.3. The number of ether oxygens (including phenoxy) is 1. The van der Waals surface area contributed by atoms with E-state index in [9.17, 15) is 9.59 Å². The van der Waals surface area contributed by atoms with Crippen molar-refractivity contribution >= 4 is 17.5 Å². The Labute approximate surface area is 129 Å². The number of rotatable bonds is 6. The van der Waals surface area contributed by atoms with Crippen molar-refractivity contribution in [2.75, 3.05) is 25.6 Å². The maximum atomic E-state index is 12.2. The van der Waals surface area contributed by atoms with Crippen LogP contribution in [0.25, 0.3) is 0 Å². The largest absolute Gasteiger partial charge is 0.383 e. The second-order valence-electron chi connectivity index (χ2n) is 4.61. The lowest BCUT2D eigenvalue weighted by molar-refractivity contribution is 0.0938. The number of carbonyl (C=O) groups is 2. The Morgan fingerprint density at radius 1 is 0.955 bits per heavy atom. The number of carbonyl (C=O) groups excluding carboxylic acids is 2. The number of anilines is 1. The molecule has 0 aromatic heterocycles. The molecule has 0 aliphatic heterocycles. The average Bonchev–Trinajstić information content (AvgIpc) is 2.56. The van der Waals surface area contributed by atoms with Gasteiger partial charge in [0.05, 0.1) is 17.9 Å². The molecule has 0 heterocycles. The van der Waals surface area contributed by atoms with Crippen LogP contribution in [0, 0.1) is 0 Å². The van der Waals surface area contributed by atoms with Crippen LogP contribution in [-0.2, 0) is 4.74 Å². The molecule has 114 valence electrons. The van der Waals surface area contributed by atoms with Crippen LogP contribution in [-0.4, -0.2) is 32.1 Å². The third-order valence-electron chi connectivity index (χ3n) is 3.05. The molecule has 5 heteroatoms. The maximum absolute atomic E-state index is 12.2. The highest BCUT2D eigenvalue weighted by Gasteiger charge is 2.13. The van der Waals surface area contributed by atoms with Crippen molar-refractivity contribution in [2.45, 2.75) is 0 Å². The van der Waals surface area contributed by atoms with Gasteiger partial charge < -0.3 is 15.4 Å². The minimum Gasteiger partial charge on any atom is -0.383 e. The first-order chi connectivity index (χ1) is 10.7. The van der Waals surface area contributed by atoms with Gasteiger partial charge in [-0.05, 0) is 24.3 Å². The highest BCUT2D eigenvalue weighted by atomic mass is 16.5. The van der Waals surface area contributed by atoms with E-state index in [4.69, 9.17) is 4.74 Å². The molecule has 0 radical (unpaired) electrons. The minimum absolute atomic E-state index is 0.249. The van der Waals surface area contributed by atoms with Crippen molar-refractivity contribution in [1.29, 1.82) is 0 Å². The summed E-state index contributed by atoms with van der Waals surface area (Å²) in [5.74, 6) is -0.501. The van der Waals surface area contributed by atoms with E-state index < -0.39 is 0 Å². The number of methoxy groups -OCH3 is 1. The Bertz CT molecular complexity index is 641. The summed E-state index contributed by atoms with van der Waals surface area (Å²) in [6.07, 6.45) is 0. The second kappa shape index (κ2) is 7.95. The highest BCUT2D eigenvalue weighted by molar-refractivity contribution is 6.08. The molecule has 0 saturated heterocycles. The SMILES string of the molecule is COCCNC(=O)c1ccccc1NC(=O)c1ccccc1. The van der Waals surface area contributed by atoms with Gasteiger partial charge in [-0.15, -0.1) is 0 Å². The zero-order valence-electron chi connectivity index (χ0n) is 12.3. The number of hydrogen-bond acceptors (Lipinski definition) is 3. The fourth-order valence-corrected chi connectivity index (χ4v) is 1.94. The molecule has 2 rings (SSSR count). The fraction of sp³-hybridized carbons (Fsp3) is 0.176. The van der Waals surface area contributed by atoms with Crippen LogP contribution >= 0.6 is 0 Å². The molecule has 0 atom stereocenters. The van der Waals surface area contributed by atoms with Gasteiger partial charge in [-0.2, -0.15) is 0 Å². The molecule has 0 saturated carbocycles. The van der Waals surface area contributed by atoms with Crippen molar-refractivity contribution in [1.82, 2.24) is 5.32 Å². The van der Waals surface area contributed by atoms with Gasteiger partial charge in [0.2, 0.25) is 0 Å². The van der Waals surface area contributed by atoms with Crippen molar-refractivity contribution in [3.05, 3.63) is 65.7 Å². The molecule has 5 nitrogen and oxygen atoms in total. The van der Waals surface area contributed by atoms with Gasteiger partial charge in [-0.25, -0.2) is 0 Å². The van der Waals surface area contributed by atoms with E-state index in [0.717, 1.165) is 0 Å². The first-order valence-electron chi connectivity index (χ1n) is 6.95. The van der Waals surface area contributed by atoms with Gasteiger partial charge >= 0.3 is 0 Å². The van der Waals surface area contributed by atoms with E-state index in [2.05, 4.69) is 10.6 Å². The van der Waals surface area contributed by atoms with Crippen molar-refractivity contribution in [3.8, 4) is 0 Å². The van der Waals surface area contributed by atoms with E-state index >= 15 is 0 Å². The maximum Gasteiger partial charge on any atom is 0.255 e. The summed E-state index contributed by atoms with van der Waals surface area (Å²) in [5.41, 5.74) is 1.44. The van der Waals surface area contributed by atoms with Crippen molar-refractivity contribution in [2.24, 2.45) is 0 Å². The molecule has 0 bridgehead atoms. The van der Waals surface area contributed by atoms with Gasteiger partial charge in [0.25, 0.3) is 11.8 Å². The summed E-state index contributed by atoms with van der Waals surface area (Å²) in [4.78, 5) is 24.3. The van der Waals surface area contributed by atoms with Gasteiger partial charge in [0, 0.05) is 19.2 Å². The molecule has 0 aliphatic rings. The highest BCUT2D eigenvalue weighted by Crippen LogP contribution is 2.16. The molecule has 2 aromatic carbocycles. The summed E-state index contributed by atoms with van der Waals surface area (Å²) in [6, 6.07) is 15.8. The average molecular weight is 298 g/mol. The van der Waals surface area contributed by atoms with E-state index in [1.807, 2.05) is 6.07 Å². The number of amides is 2. The second-order valence-corrected chi connectivity index (χ2v) is 4.61. The lowest BCUT2D eigenvalue weighted by atomic mass is 10.1. The fourth-order valence-electron chi connectivity index (χ4n) is 1.94. The summed E-state index contributed by atoms with van der Waals surface area (Å²) in [7, 11) is 1.57. The van der Waals surface area contributed by atoms with Crippen LogP contribution < -0.4 is 10.6 Å². The molecule has 2 N–H and O–H groups in total. The van der Waals surface area contributed by atoms with E-state index in [-0.39, 0.29) is 11.8 Å². The van der Waals surface area contributed by atoms with Crippen LogP contribution in [0.3, 0.4) is 0 Å². The first kappa shape index (κ1) is 15.7. The van der Waals surface area contributed by atoms with E-state index in [1.165, 1.54) is 0 Å². The normalized spacial score (nSPS) is 10.0. The van der Waals surface area contributed by atoms with Gasteiger partial charge in [-0.3, -0.25) is 9.59 Å². The zero-order chi connectivity index (χ0) is 15.8. The van der Waals surface area contributed by atoms with E-state index in [1.54, 1.807) is 55.6 Å². The predicted octanol–water partition coefficient (Wildman–Crippen LogP) is 2.32. The third-order valence-corrected chi connectivity index (χ3v) is 3.05. The molecular formula is C17H18N2O3. The number of benzene rings is 2. The van der Waals surface area contributed by atoms with Crippen molar-refractivity contribution < 1.29 is 14.3 Å². The first-order valence-corrected chi connectivity index (χ1v) is 6.95. The molecule has 0 fully saturated rings. The van der Waals surface area contributed by atoms with Crippen molar-refractivity contribution in [3.63, 3.8) is 0 Å². The number of hydrogen-bond donors (Lipinski definition) is 2. The number of para-hydroxylation sites is 1. The van der Waals surface area contributed by atoms with Gasteiger partial charge in [0.1, 0.15) is 0 Å². The molecule has 0 unspecified atom stereocenters. The van der Waals surface area contributed by atoms with Crippen LogP contribution in [0.4, 0.5) is 5.69 Å². The van der Waals surface area contributed by atoms with Crippen LogP contribution in [0.15, 0.2) is 54.6 Å². The quantitative estimate of drug-likeness (QED) is 0.804. The Morgan fingerprint density at radius 2 is 1.64 bits per heavy atom. The minimum atomic E-state index is -0.252. The third kappa shape index (κ3) is 4.17. The predicted molar refractivity (Wildman–Crippen MR) is 85.0 cm³/mol. The summed E-state index contributed by atoms with van der Waals surface area (Å²) < 4.78 is 4.90. The molecule has 2 amide bonds. The van der Waals surface area contributed by atoms with Gasteiger partial charge in [0.15, 0.2) is 0 Å². The Hall–Kier alpha value is -2.66. The smallest absolute Gasteiger partial charge is 0.255 e. The molecule has 0 aliphatic carbocycles. The summed E-state index contributed by atoms with van der Waals surface area (Å²) in [5, 5.41) is 5.51. The molecule has 0 spiro atoms. The molecule has 22 heavy (non-hydrogen) atoms. The Morgan fingerprint density at radius 3 is 2.36 bits per heavy atom. The molecular weight excluding hydrogens is 280 g/mol. The van der Waals surface area contributed by atoms with E-state index in [0.29, 0.717) is 30.0 Å². The lowest BCUT2D eigenvalue weighted by Gasteiger charge is -2.11. The summed E-state index contributed by atoms with van der Waals surface area (Å²) >= 11 is 0. The monoisotopic (exact) mass is 298 g/mol.